The fraction of sp³-hybridized carbons (Fsp3) is 0.640. The smallest absolute Gasteiger partial charge is 0.291 e. The van der Waals surface area contributed by atoms with Gasteiger partial charge in [-0.1, -0.05) is 32.4 Å². The number of benzene rings is 1. The van der Waals surface area contributed by atoms with E-state index < -0.39 is 0 Å². The van der Waals surface area contributed by atoms with Crippen molar-refractivity contribution in [3.63, 3.8) is 0 Å². The molecule has 2 bridgehead atoms. The van der Waals surface area contributed by atoms with Crippen LogP contribution in [0.5, 0.6) is 0 Å². The van der Waals surface area contributed by atoms with Crippen LogP contribution >= 0.6 is 0 Å². The van der Waals surface area contributed by atoms with Crippen LogP contribution in [-0.4, -0.2) is 57.0 Å². The highest BCUT2D eigenvalue weighted by atomic mass is 19.1. The standard InChI is InChI=1S/C25H33FN6O/c1-15(2)21-19-7-4-8-20(26)23(19)32(29-21)25-28-24(33-30-25)16-9-11-31(12-10-16)22-17-5-3-6-18(22)14-27-13-17/h4,7-8,15-18,22,27H,3,5-6,9-14H2,1-2H3. The van der Waals surface area contributed by atoms with Gasteiger partial charge in [-0.2, -0.15) is 14.8 Å². The summed E-state index contributed by atoms with van der Waals surface area (Å²) in [5.41, 5.74) is 1.26. The van der Waals surface area contributed by atoms with E-state index in [0.29, 0.717) is 17.4 Å². The molecule has 1 aromatic carbocycles. The van der Waals surface area contributed by atoms with E-state index in [0.717, 1.165) is 54.9 Å². The molecule has 2 unspecified atom stereocenters. The van der Waals surface area contributed by atoms with E-state index in [-0.39, 0.29) is 17.7 Å². The molecule has 0 spiro atoms. The van der Waals surface area contributed by atoms with Crippen LogP contribution in [-0.2, 0) is 0 Å². The molecule has 2 aromatic heterocycles. The number of nitrogens with zero attached hydrogens (tertiary/aromatic N) is 5. The lowest BCUT2D eigenvalue weighted by Crippen LogP contribution is -2.58. The molecule has 33 heavy (non-hydrogen) atoms. The van der Waals surface area contributed by atoms with E-state index in [2.05, 4.69) is 34.3 Å². The molecule has 176 valence electrons. The molecule has 7 nitrogen and oxygen atoms in total. The number of hydrogen-bond donors (Lipinski definition) is 1. The Morgan fingerprint density at radius 3 is 2.58 bits per heavy atom. The molecular formula is C25H33FN6O. The number of halogens is 1. The molecule has 2 atom stereocenters. The number of hydrogen-bond acceptors (Lipinski definition) is 6. The molecule has 2 saturated heterocycles. The number of para-hydroxylation sites is 1. The SMILES string of the molecule is CC(C)c1nn(-c2noc(C3CCN(C4C5CCCC4CNC5)CC3)n2)c2c(F)cccc12. The van der Waals surface area contributed by atoms with Crippen molar-refractivity contribution in [3.8, 4) is 5.95 Å². The fourth-order valence-electron chi connectivity index (χ4n) is 6.51. The summed E-state index contributed by atoms with van der Waals surface area (Å²) >= 11 is 0. The van der Waals surface area contributed by atoms with Crippen LogP contribution in [0.1, 0.15) is 69.4 Å². The summed E-state index contributed by atoms with van der Waals surface area (Å²) in [6, 6.07) is 5.82. The minimum Gasteiger partial charge on any atom is -0.337 e. The van der Waals surface area contributed by atoms with Gasteiger partial charge in [-0.15, -0.1) is 0 Å². The largest absolute Gasteiger partial charge is 0.337 e. The second-order valence-corrected chi connectivity index (χ2v) is 10.4. The molecule has 1 aliphatic carbocycles. The lowest BCUT2D eigenvalue weighted by molar-refractivity contribution is 0.0151. The third-order valence-corrected chi connectivity index (χ3v) is 8.08. The van der Waals surface area contributed by atoms with Gasteiger partial charge >= 0.3 is 0 Å². The molecule has 3 fully saturated rings. The van der Waals surface area contributed by atoms with Crippen molar-refractivity contribution in [2.75, 3.05) is 26.2 Å². The maximum atomic E-state index is 14.7. The van der Waals surface area contributed by atoms with Gasteiger partial charge in [-0.05, 0) is 80.8 Å². The Balaban J connectivity index is 1.21. The summed E-state index contributed by atoms with van der Waals surface area (Å²) < 4.78 is 21.9. The Hall–Kier alpha value is -2.32. The first-order valence-electron chi connectivity index (χ1n) is 12.6. The van der Waals surface area contributed by atoms with Gasteiger partial charge in [-0.25, -0.2) is 4.39 Å². The average molecular weight is 453 g/mol. The maximum Gasteiger partial charge on any atom is 0.291 e. The Kier molecular flexibility index (Phi) is 5.45. The summed E-state index contributed by atoms with van der Waals surface area (Å²) in [7, 11) is 0. The van der Waals surface area contributed by atoms with Crippen molar-refractivity contribution in [1.29, 1.82) is 0 Å². The number of piperidine rings is 2. The van der Waals surface area contributed by atoms with Crippen molar-refractivity contribution in [1.82, 2.24) is 30.1 Å². The predicted octanol–water partition coefficient (Wildman–Crippen LogP) is 4.24. The first kappa shape index (κ1) is 21.2. The Morgan fingerprint density at radius 2 is 1.85 bits per heavy atom. The number of aromatic nitrogens is 4. The molecule has 4 heterocycles. The average Bonchev–Trinajstić information content (AvgIpc) is 3.45. The van der Waals surface area contributed by atoms with Crippen LogP contribution in [0, 0.1) is 17.7 Å². The second-order valence-electron chi connectivity index (χ2n) is 10.4. The highest BCUT2D eigenvalue weighted by Gasteiger charge is 2.41. The predicted molar refractivity (Wildman–Crippen MR) is 124 cm³/mol. The Bertz CT molecular complexity index is 1110. The normalized spacial score (nSPS) is 27.0. The first-order chi connectivity index (χ1) is 16.1. The Morgan fingerprint density at radius 1 is 1.09 bits per heavy atom. The van der Waals surface area contributed by atoms with Gasteiger partial charge in [0, 0.05) is 17.3 Å². The van der Waals surface area contributed by atoms with Crippen LogP contribution in [0.15, 0.2) is 22.7 Å². The Labute approximate surface area is 193 Å². The number of rotatable bonds is 4. The van der Waals surface area contributed by atoms with Crippen LogP contribution in [0.25, 0.3) is 16.9 Å². The zero-order valence-electron chi connectivity index (χ0n) is 19.5. The van der Waals surface area contributed by atoms with Crippen LogP contribution in [0.4, 0.5) is 4.39 Å². The van der Waals surface area contributed by atoms with Crippen molar-refractivity contribution in [2.24, 2.45) is 11.8 Å². The number of likely N-dealkylation sites (tertiary alicyclic amines) is 1. The van der Waals surface area contributed by atoms with E-state index >= 15 is 0 Å². The fourth-order valence-corrected chi connectivity index (χ4v) is 6.51. The van der Waals surface area contributed by atoms with Crippen LogP contribution in [0.3, 0.4) is 0 Å². The molecule has 0 radical (unpaired) electrons. The molecule has 1 saturated carbocycles. The lowest BCUT2D eigenvalue weighted by atomic mass is 9.73. The lowest BCUT2D eigenvalue weighted by Gasteiger charge is -2.50. The summed E-state index contributed by atoms with van der Waals surface area (Å²) in [4.78, 5) is 7.42. The van der Waals surface area contributed by atoms with Crippen LogP contribution < -0.4 is 5.32 Å². The van der Waals surface area contributed by atoms with Gasteiger partial charge in [-0.3, -0.25) is 4.90 Å². The first-order valence-corrected chi connectivity index (χ1v) is 12.6. The molecule has 3 aliphatic rings. The highest BCUT2D eigenvalue weighted by molar-refractivity contribution is 5.84. The van der Waals surface area contributed by atoms with Gasteiger partial charge in [0.25, 0.3) is 5.95 Å². The summed E-state index contributed by atoms with van der Waals surface area (Å²) in [5.74, 6) is 2.66. The monoisotopic (exact) mass is 452 g/mol. The summed E-state index contributed by atoms with van der Waals surface area (Å²) in [5, 5.41) is 13.3. The molecule has 8 heteroatoms. The van der Waals surface area contributed by atoms with E-state index in [9.17, 15) is 4.39 Å². The van der Waals surface area contributed by atoms with Crippen molar-refractivity contribution >= 4 is 10.9 Å². The zero-order chi connectivity index (χ0) is 22.5. The van der Waals surface area contributed by atoms with E-state index in [1.54, 1.807) is 6.07 Å². The van der Waals surface area contributed by atoms with Crippen molar-refractivity contribution in [2.45, 2.75) is 63.8 Å². The summed E-state index contributed by atoms with van der Waals surface area (Å²) in [6.07, 6.45) is 6.14. The molecule has 1 N–H and O–H groups in total. The van der Waals surface area contributed by atoms with Crippen molar-refractivity contribution in [3.05, 3.63) is 35.6 Å². The molecule has 0 amide bonds. The van der Waals surface area contributed by atoms with Gasteiger partial charge in [0.1, 0.15) is 11.3 Å². The van der Waals surface area contributed by atoms with E-state index in [1.807, 2.05) is 6.07 Å². The second kappa shape index (κ2) is 8.47. The summed E-state index contributed by atoms with van der Waals surface area (Å²) in [6.45, 7) is 8.61. The minimum absolute atomic E-state index is 0.167. The topological polar surface area (TPSA) is 72.0 Å². The quantitative estimate of drug-likeness (QED) is 0.639. The molecule has 6 rings (SSSR count). The highest BCUT2D eigenvalue weighted by Crippen LogP contribution is 2.38. The van der Waals surface area contributed by atoms with Gasteiger partial charge in [0.2, 0.25) is 5.89 Å². The third-order valence-electron chi connectivity index (χ3n) is 8.08. The number of fused-ring (bicyclic) bond motifs is 3. The third kappa shape index (κ3) is 3.67. The van der Waals surface area contributed by atoms with Crippen LogP contribution in [0.2, 0.25) is 0 Å². The molecule has 2 aliphatic heterocycles. The van der Waals surface area contributed by atoms with E-state index in [1.165, 1.54) is 43.1 Å². The maximum absolute atomic E-state index is 14.7. The molecule has 3 aromatic rings. The van der Waals surface area contributed by atoms with Crippen molar-refractivity contribution < 1.29 is 8.91 Å². The zero-order valence-corrected chi connectivity index (χ0v) is 19.5. The van der Waals surface area contributed by atoms with Gasteiger partial charge < -0.3 is 9.84 Å². The number of nitrogens with one attached hydrogen (secondary N) is 1. The minimum atomic E-state index is -0.320. The van der Waals surface area contributed by atoms with Gasteiger partial charge in [0.05, 0.1) is 5.69 Å². The molecular weight excluding hydrogens is 419 g/mol. The van der Waals surface area contributed by atoms with Gasteiger partial charge in [0.15, 0.2) is 0 Å². The van der Waals surface area contributed by atoms with E-state index in [4.69, 9.17) is 9.51 Å².